The van der Waals surface area contributed by atoms with Gasteiger partial charge in [0.1, 0.15) is 11.9 Å². The number of carbonyl (C=O) groups excluding carboxylic acids is 1. The van der Waals surface area contributed by atoms with Gasteiger partial charge in [-0.15, -0.1) is 0 Å². The number of anilines is 1. The summed E-state index contributed by atoms with van der Waals surface area (Å²) in [6, 6.07) is 7.72. The Balaban J connectivity index is 1.55. The van der Waals surface area contributed by atoms with Gasteiger partial charge in [0.15, 0.2) is 5.03 Å². The minimum absolute atomic E-state index is 0.136. The molecule has 2 unspecified atom stereocenters. The summed E-state index contributed by atoms with van der Waals surface area (Å²) in [6.45, 7) is 7.09. The van der Waals surface area contributed by atoms with E-state index in [2.05, 4.69) is 40.4 Å². The molecule has 1 amide bonds. The third kappa shape index (κ3) is 5.19. The van der Waals surface area contributed by atoms with Crippen LogP contribution in [0.1, 0.15) is 56.8 Å². The maximum Gasteiger partial charge on any atom is 0.281 e. The molecule has 33 heavy (non-hydrogen) atoms. The molecule has 2 aliphatic rings. The largest absolute Gasteiger partial charge is 0.470 e. The second kappa shape index (κ2) is 9.13. The first-order chi connectivity index (χ1) is 15.7. The number of ether oxygens (including phenoxy) is 1. The minimum Gasteiger partial charge on any atom is -0.470 e. The summed E-state index contributed by atoms with van der Waals surface area (Å²) >= 11 is 0. The van der Waals surface area contributed by atoms with E-state index in [1.807, 2.05) is 12.2 Å². The predicted octanol–water partition coefficient (Wildman–Crippen LogP) is 3.71. The molecule has 0 aromatic carbocycles. The zero-order chi connectivity index (χ0) is 23.6. The number of pyridine rings is 2. The SMILES string of the molecule is CC1CN(c2ncccc2C(=O)NS(=O)(=O)c2cccc(OC3C=CCCC3)n2)C(C)(C)C1. The van der Waals surface area contributed by atoms with Crippen molar-refractivity contribution in [2.45, 2.75) is 63.1 Å². The Morgan fingerprint density at radius 3 is 2.76 bits per heavy atom. The monoisotopic (exact) mass is 470 g/mol. The van der Waals surface area contributed by atoms with Gasteiger partial charge >= 0.3 is 0 Å². The number of rotatable bonds is 6. The molecule has 9 heteroatoms. The van der Waals surface area contributed by atoms with Crippen molar-refractivity contribution in [1.82, 2.24) is 14.7 Å². The molecule has 2 aromatic rings. The van der Waals surface area contributed by atoms with E-state index >= 15 is 0 Å². The van der Waals surface area contributed by atoms with Crippen LogP contribution in [0.25, 0.3) is 0 Å². The van der Waals surface area contributed by atoms with E-state index in [9.17, 15) is 13.2 Å². The van der Waals surface area contributed by atoms with Gasteiger partial charge in [0.25, 0.3) is 15.9 Å². The lowest BCUT2D eigenvalue weighted by molar-refractivity contribution is 0.0981. The number of hydrogen-bond donors (Lipinski definition) is 1. The Labute approximate surface area is 195 Å². The third-order valence-electron chi connectivity index (χ3n) is 6.04. The molecule has 1 fully saturated rings. The van der Waals surface area contributed by atoms with Gasteiger partial charge in [0, 0.05) is 24.3 Å². The number of allylic oxidation sites excluding steroid dienone is 1. The molecule has 1 N–H and O–H groups in total. The van der Waals surface area contributed by atoms with Gasteiger partial charge in [-0.25, -0.2) is 9.71 Å². The van der Waals surface area contributed by atoms with Crippen molar-refractivity contribution in [2.24, 2.45) is 5.92 Å². The average molecular weight is 471 g/mol. The molecule has 176 valence electrons. The van der Waals surface area contributed by atoms with Crippen molar-refractivity contribution in [2.75, 3.05) is 11.4 Å². The predicted molar refractivity (Wildman–Crippen MR) is 126 cm³/mol. The molecular weight excluding hydrogens is 440 g/mol. The van der Waals surface area contributed by atoms with Crippen LogP contribution in [0.5, 0.6) is 5.88 Å². The van der Waals surface area contributed by atoms with Crippen molar-refractivity contribution in [3.8, 4) is 5.88 Å². The van der Waals surface area contributed by atoms with Crippen LogP contribution in [-0.4, -0.2) is 42.5 Å². The molecule has 0 saturated carbocycles. The maximum absolute atomic E-state index is 13.1. The summed E-state index contributed by atoms with van der Waals surface area (Å²) in [4.78, 5) is 23.7. The zero-order valence-corrected chi connectivity index (χ0v) is 20.0. The van der Waals surface area contributed by atoms with E-state index in [-0.39, 0.29) is 28.1 Å². The van der Waals surface area contributed by atoms with Crippen LogP contribution in [0, 0.1) is 5.92 Å². The Morgan fingerprint density at radius 1 is 1.24 bits per heavy atom. The second-order valence-corrected chi connectivity index (χ2v) is 11.0. The van der Waals surface area contributed by atoms with Crippen LogP contribution in [-0.2, 0) is 10.0 Å². The van der Waals surface area contributed by atoms with Crippen LogP contribution in [0.15, 0.2) is 53.7 Å². The standard InChI is InChI=1S/C24H30N4O4S/c1-17-15-24(2,3)28(16-17)22-19(11-8-14-25-22)23(29)27-33(30,31)21-13-7-12-20(26-21)32-18-9-5-4-6-10-18/h5,7-9,11-14,17-18H,4,6,10,15-16H2,1-3H3,(H,27,29). The first-order valence-electron chi connectivity index (χ1n) is 11.3. The van der Waals surface area contributed by atoms with Gasteiger partial charge in [-0.2, -0.15) is 13.4 Å². The highest BCUT2D eigenvalue weighted by atomic mass is 32.2. The number of nitrogens with zero attached hydrogens (tertiary/aromatic N) is 3. The van der Waals surface area contributed by atoms with Gasteiger partial charge in [-0.1, -0.05) is 19.1 Å². The van der Waals surface area contributed by atoms with Crippen molar-refractivity contribution in [1.29, 1.82) is 0 Å². The molecule has 1 aliphatic heterocycles. The van der Waals surface area contributed by atoms with E-state index in [0.717, 1.165) is 32.2 Å². The fourth-order valence-corrected chi connectivity index (χ4v) is 5.55. The quantitative estimate of drug-likeness (QED) is 0.642. The molecule has 2 atom stereocenters. The lowest BCUT2D eigenvalue weighted by atomic mass is 9.97. The van der Waals surface area contributed by atoms with E-state index in [1.165, 1.54) is 6.07 Å². The van der Waals surface area contributed by atoms with Gasteiger partial charge in [-0.05, 0) is 69.7 Å². The molecule has 8 nitrogen and oxygen atoms in total. The van der Waals surface area contributed by atoms with Crippen molar-refractivity contribution < 1.29 is 17.9 Å². The number of carbonyl (C=O) groups is 1. The minimum atomic E-state index is -4.21. The van der Waals surface area contributed by atoms with Crippen LogP contribution in [0.2, 0.25) is 0 Å². The Kier molecular flexibility index (Phi) is 6.43. The molecule has 0 bridgehead atoms. The number of sulfonamides is 1. The average Bonchev–Trinajstić information content (AvgIpc) is 3.06. The summed E-state index contributed by atoms with van der Waals surface area (Å²) in [5, 5.41) is -0.270. The number of amides is 1. The Hall–Kier alpha value is -2.94. The number of aromatic nitrogens is 2. The molecule has 1 saturated heterocycles. The fraction of sp³-hybridized carbons (Fsp3) is 0.458. The van der Waals surface area contributed by atoms with Crippen LogP contribution < -0.4 is 14.4 Å². The van der Waals surface area contributed by atoms with Gasteiger partial charge in [0.2, 0.25) is 5.88 Å². The molecule has 2 aromatic heterocycles. The normalized spacial score (nSPS) is 22.2. The summed E-state index contributed by atoms with van der Waals surface area (Å²) in [5.74, 6) is 0.384. The third-order valence-corrected chi connectivity index (χ3v) is 7.27. The van der Waals surface area contributed by atoms with E-state index in [1.54, 1.807) is 30.5 Å². The first-order valence-corrected chi connectivity index (χ1v) is 12.7. The van der Waals surface area contributed by atoms with Gasteiger partial charge < -0.3 is 9.64 Å². The lowest BCUT2D eigenvalue weighted by Gasteiger charge is -2.33. The van der Waals surface area contributed by atoms with Gasteiger partial charge in [-0.3, -0.25) is 4.79 Å². The molecule has 0 radical (unpaired) electrons. The molecule has 4 rings (SSSR count). The topological polar surface area (TPSA) is 101 Å². The first kappa shape index (κ1) is 23.2. The molecule has 0 spiro atoms. The lowest BCUT2D eigenvalue weighted by Crippen LogP contribution is -2.41. The highest BCUT2D eigenvalue weighted by Gasteiger charge is 2.39. The van der Waals surface area contributed by atoms with Crippen molar-refractivity contribution in [3.05, 3.63) is 54.2 Å². The van der Waals surface area contributed by atoms with Crippen molar-refractivity contribution >= 4 is 21.7 Å². The highest BCUT2D eigenvalue weighted by molar-refractivity contribution is 7.90. The number of nitrogens with one attached hydrogen (secondary N) is 1. The van der Waals surface area contributed by atoms with Gasteiger partial charge in [0.05, 0.1) is 5.56 Å². The maximum atomic E-state index is 13.1. The molecule has 3 heterocycles. The summed E-state index contributed by atoms with van der Waals surface area (Å²) in [7, 11) is -4.21. The summed E-state index contributed by atoms with van der Waals surface area (Å²) in [5.41, 5.74) is 0.0191. The molecule has 1 aliphatic carbocycles. The summed E-state index contributed by atoms with van der Waals surface area (Å²) in [6.07, 6.45) is 9.30. The van der Waals surface area contributed by atoms with Crippen LogP contribution >= 0.6 is 0 Å². The highest BCUT2D eigenvalue weighted by Crippen LogP contribution is 2.37. The zero-order valence-electron chi connectivity index (χ0n) is 19.2. The fourth-order valence-electron chi connectivity index (χ4n) is 4.62. The van der Waals surface area contributed by atoms with Crippen molar-refractivity contribution in [3.63, 3.8) is 0 Å². The number of hydrogen-bond acceptors (Lipinski definition) is 7. The molecular formula is C24H30N4O4S. The smallest absolute Gasteiger partial charge is 0.281 e. The Morgan fingerprint density at radius 2 is 2.06 bits per heavy atom. The van der Waals surface area contributed by atoms with Crippen LogP contribution in [0.4, 0.5) is 5.82 Å². The van der Waals surface area contributed by atoms with E-state index in [0.29, 0.717) is 11.7 Å². The van der Waals surface area contributed by atoms with E-state index < -0.39 is 15.9 Å². The summed E-state index contributed by atoms with van der Waals surface area (Å²) < 4.78 is 33.9. The second-order valence-electron chi connectivity index (χ2n) is 9.37. The Bertz CT molecular complexity index is 1160. The van der Waals surface area contributed by atoms with E-state index in [4.69, 9.17) is 4.74 Å². The van der Waals surface area contributed by atoms with Crippen LogP contribution in [0.3, 0.4) is 0 Å².